The number of thioether (sulfide) groups is 1. The van der Waals surface area contributed by atoms with Gasteiger partial charge in [-0.05, 0) is 18.2 Å². The normalized spacial score (nSPS) is 15.5. The molecule has 0 bridgehead atoms. The first-order chi connectivity index (χ1) is 13.4. The van der Waals surface area contributed by atoms with Crippen molar-refractivity contribution >= 4 is 17.7 Å². The number of rotatable bonds is 6. The summed E-state index contributed by atoms with van der Waals surface area (Å²) >= 11 is 1.66. The lowest BCUT2D eigenvalue weighted by molar-refractivity contribution is -0.137. The first-order valence-corrected chi connectivity index (χ1v) is 10.1. The fraction of sp³-hybridized carbons (Fsp3) is 0.400. The van der Waals surface area contributed by atoms with Crippen molar-refractivity contribution in [2.45, 2.75) is 36.4 Å². The molecule has 28 heavy (non-hydrogen) atoms. The van der Waals surface area contributed by atoms with Gasteiger partial charge < -0.3 is 9.64 Å². The van der Waals surface area contributed by atoms with Gasteiger partial charge in [0.15, 0.2) is 0 Å². The van der Waals surface area contributed by atoms with Crippen LogP contribution >= 0.6 is 11.8 Å². The van der Waals surface area contributed by atoms with Gasteiger partial charge in [-0.25, -0.2) is 4.98 Å². The van der Waals surface area contributed by atoms with Crippen LogP contribution in [0.3, 0.4) is 0 Å². The number of hydrogen-bond donors (Lipinski definition) is 0. The van der Waals surface area contributed by atoms with Crippen LogP contribution in [0.5, 0.6) is 5.88 Å². The molecule has 1 aromatic heterocycles. The Hall–Kier alpha value is -2.22. The number of aromatic nitrogens is 1. The number of ether oxygens (including phenoxy) is 1. The van der Waals surface area contributed by atoms with Crippen LogP contribution in [0.4, 0.5) is 13.2 Å². The van der Waals surface area contributed by atoms with E-state index in [1.54, 1.807) is 11.8 Å². The van der Waals surface area contributed by atoms with Gasteiger partial charge in [0.2, 0.25) is 11.8 Å². The predicted octanol–water partition coefficient (Wildman–Crippen LogP) is 4.65. The van der Waals surface area contributed by atoms with Crippen LogP contribution in [0.2, 0.25) is 0 Å². The zero-order chi connectivity index (χ0) is 20.0. The molecule has 0 unspecified atom stereocenters. The molecule has 2 heterocycles. The van der Waals surface area contributed by atoms with Crippen molar-refractivity contribution in [3.63, 3.8) is 0 Å². The summed E-state index contributed by atoms with van der Waals surface area (Å²) in [7, 11) is 0. The molecule has 8 heteroatoms. The zero-order valence-corrected chi connectivity index (χ0v) is 16.0. The first kappa shape index (κ1) is 20.5. The fourth-order valence-electron chi connectivity index (χ4n) is 2.94. The number of nitrogens with zero attached hydrogens (tertiary/aromatic N) is 2. The van der Waals surface area contributed by atoms with Crippen LogP contribution < -0.4 is 4.74 Å². The maximum atomic E-state index is 12.6. The van der Waals surface area contributed by atoms with Crippen molar-refractivity contribution < 1.29 is 22.7 Å². The molecule has 0 N–H and O–H groups in total. The summed E-state index contributed by atoms with van der Waals surface area (Å²) in [5.41, 5.74) is -0.798. The van der Waals surface area contributed by atoms with E-state index in [4.69, 9.17) is 4.74 Å². The highest BCUT2D eigenvalue weighted by atomic mass is 32.2. The van der Waals surface area contributed by atoms with Gasteiger partial charge in [0.25, 0.3) is 0 Å². The third kappa shape index (κ3) is 5.89. The number of pyridine rings is 1. The summed E-state index contributed by atoms with van der Waals surface area (Å²) in [6, 6.07) is 12.1. The molecular weight excluding hydrogens is 389 g/mol. The maximum Gasteiger partial charge on any atom is 0.417 e. The van der Waals surface area contributed by atoms with Gasteiger partial charge in [-0.2, -0.15) is 13.2 Å². The number of benzene rings is 1. The number of hydrogen-bond acceptors (Lipinski definition) is 4. The van der Waals surface area contributed by atoms with Crippen molar-refractivity contribution in [3.8, 4) is 5.88 Å². The molecule has 4 nitrogen and oxygen atoms in total. The third-order valence-electron chi connectivity index (χ3n) is 4.47. The molecule has 0 spiro atoms. The molecule has 3 rings (SSSR count). The van der Waals surface area contributed by atoms with Gasteiger partial charge in [-0.15, -0.1) is 11.8 Å². The largest absolute Gasteiger partial charge is 0.474 e. The second-order valence-corrected chi connectivity index (χ2v) is 7.66. The Balaban J connectivity index is 1.39. The molecule has 0 aliphatic carbocycles. The number of alkyl halides is 3. The average Bonchev–Trinajstić information content (AvgIpc) is 2.69. The number of halogens is 3. The fourth-order valence-corrected chi connectivity index (χ4v) is 3.80. The molecule has 1 aromatic carbocycles. The van der Waals surface area contributed by atoms with Crippen LogP contribution in [0.25, 0.3) is 0 Å². The van der Waals surface area contributed by atoms with Gasteiger partial charge in [0, 0.05) is 55.3 Å². The summed E-state index contributed by atoms with van der Waals surface area (Å²) in [5, 5.41) is 0. The Kier molecular flexibility index (Phi) is 6.83. The van der Waals surface area contributed by atoms with E-state index in [0.29, 0.717) is 32.4 Å². The lowest BCUT2D eigenvalue weighted by Gasteiger charge is -2.32. The van der Waals surface area contributed by atoms with Crippen molar-refractivity contribution in [2.75, 3.05) is 18.8 Å². The first-order valence-electron chi connectivity index (χ1n) is 9.07. The molecule has 0 saturated carbocycles. The summed E-state index contributed by atoms with van der Waals surface area (Å²) in [4.78, 5) is 19.0. The molecule has 2 aromatic rings. The van der Waals surface area contributed by atoms with Crippen LogP contribution in [0.15, 0.2) is 53.6 Å². The van der Waals surface area contributed by atoms with Gasteiger partial charge in [-0.1, -0.05) is 18.2 Å². The SMILES string of the molecule is O=C(CCSc1ccccc1)N1CCC(Oc2ccc(C(F)(F)F)cn2)CC1. The minimum absolute atomic E-state index is 0.120. The molecule has 1 amide bonds. The monoisotopic (exact) mass is 410 g/mol. The lowest BCUT2D eigenvalue weighted by atomic mass is 10.1. The Labute approximate surface area is 166 Å². The van der Waals surface area contributed by atoms with Crippen molar-refractivity contribution in [1.82, 2.24) is 9.88 Å². The number of likely N-dealkylation sites (tertiary alicyclic amines) is 1. The van der Waals surface area contributed by atoms with Gasteiger partial charge in [-0.3, -0.25) is 4.79 Å². The minimum atomic E-state index is -4.41. The van der Waals surface area contributed by atoms with E-state index in [2.05, 4.69) is 4.98 Å². The number of piperidine rings is 1. The van der Waals surface area contributed by atoms with Crippen LogP contribution in [-0.4, -0.2) is 40.7 Å². The van der Waals surface area contributed by atoms with Crippen LogP contribution in [-0.2, 0) is 11.0 Å². The molecule has 0 atom stereocenters. The molecule has 150 valence electrons. The number of amides is 1. The maximum absolute atomic E-state index is 12.6. The van der Waals surface area contributed by atoms with Gasteiger partial charge >= 0.3 is 6.18 Å². The summed E-state index contributed by atoms with van der Waals surface area (Å²) in [5.74, 6) is 1.03. The average molecular weight is 410 g/mol. The van der Waals surface area contributed by atoms with E-state index in [1.807, 2.05) is 35.2 Å². The van der Waals surface area contributed by atoms with Crippen molar-refractivity contribution in [3.05, 3.63) is 54.2 Å². The molecule has 0 radical (unpaired) electrons. The molecular formula is C20H21F3N2O2S. The quantitative estimate of drug-likeness (QED) is 0.650. The molecule has 1 aliphatic rings. The smallest absolute Gasteiger partial charge is 0.417 e. The van der Waals surface area contributed by atoms with E-state index < -0.39 is 11.7 Å². The highest BCUT2D eigenvalue weighted by Crippen LogP contribution is 2.29. The second-order valence-electron chi connectivity index (χ2n) is 6.49. The van der Waals surface area contributed by atoms with Crippen LogP contribution in [0, 0.1) is 0 Å². The predicted molar refractivity (Wildman–Crippen MR) is 101 cm³/mol. The lowest BCUT2D eigenvalue weighted by Crippen LogP contribution is -2.42. The van der Waals surface area contributed by atoms with Gasteiger partial charge in [0.05, 0.1) is 5.56 Å². The Bertz CT molecular complexity index is 761. The molecule has 1 saturated heterocycles. The van der Waals surface area contributed by atoms with Crippen molar-refractivity contribution in [2.24, 2.45) is 0 Å². The van der Waals surface area contributed by atoms with Gasteiger partial charge in [0.1, 0.15) is 6.10 Å². The highest BCUT2D eigenvalue weighted by molar-refractivity contribution is 7.99. The number of carbonyl (C=O) groups is 1. The zero-order valence-electron chi connectivity index (χ0n) is 15.2. The van der Waals surface area contributed by atoms with E-state index in [-0.39, 0.29) is 17.9 Å². The third-order valence-corrected chi connectivity index (χ3v) is 5.49. The minimum Gasteiger partial charge on any atom is -0.474 e. The second kappa shape index (κ2) is 9.32. The Morgan fingerprint density at radius 1 is 1.14 bits per heavy atom. The Morgan fingerprint density at radius 3 is 2.46 bits per heavy atom. The molecule has 1 fully saturated rings. The van der Waals surface area contributed by atoms with E-state index in [1.165, 1.54) is 6.07 Å². The van der Waals surface area contributed by atoms with Crippen molar-refractivity contribution in [1.29, 1.82) is 0 Å². The summed E-state index contributed by atoms with van der Waals surface area (Å²) in [6.45, 7) is 1.17. The summed E-state index contributed by atoms with van der Waals surface area (Å²) in [6.07, 6.45) is -2.02. The van der Waals surface area contributed by atoms with E-state index in [9.17, 15) is 18.0 Å². The van der Waals surface area contributed by atoms with E-state index >= 15 is 0 Å². The number of carbonyl (C=O) groups excluding carboxylic acids is 1. The Morgan fingerprint density at radius 2 is 1.86 bits per heavy atom. The summed E-state index contributed by atoms with van der Waals surface area (Å²) < 4.78 is 43.4. The standard InChI is InChI=1S/C20H21F3N2O2S/c21-20(22,23)15-6-7-18(24-14-15)27-16-8-11-25(12-9-16)19(26)10-13-28-17-4-2-1-3-5-17/h1-7,14,16H,8-13H2. The van der Waals surface area contributed by atoms with E-state index in [0.717, 1.165) is 22.9 Å². The molecule has 1 aliphatic heterocycles. The topological polar surface area (TPSA) is 42.4 Å². The van der Waals surface area contributed by atoms with Crippen LogP contribution in [0.1, 0.15) is 24.8 Å². The highest BCUT2D eigenvalue weighted by Gasteiger charge is 2.31.